The normalized spacial score (nSPS) is 18.1. The van der Waals surface area contributed by atoms with Crippen LogP contribution in [-0.2, 0) is 30.0 Å². The highest BCUT2D eigenvalue weighted by Crippen LogP contribution is 2.28. The van der Waals surface area contributed by atoms with E-state index in [0.29, 0.717) is 5.75 Å². The average molecular weight is 432 g/mol. The Kier molecular flexibility index (Phi) is 8.86. The largest absolute Gasteiger partial charge is 0.459 e. The maximum absolute atomic E-state index is 13.3. The van der Waals surface area contributed by atoms with Gasteiger partial charge in [0.05, 0.1) is 12.5 Å². The molecule has 0 aliphatic heterocycles. The van der Waals surface area contributed by atoms with Crippen molar-refractivity contribution in [2.45, 2.75) is 76.4 Å². The molecule has 4 nitrogen and oxygen atoms in total. The second-order valence-electron chi connectivity index (χ2n) is 8.68. The molecular weight excluding hydrogens is 396 g/mol. The molecule has 0 spiro atoms. The molecule has 1 aromatic rings. The Morgan fingerprint density at radius 1 is 0.800 bits per heavy atom. The summed E-state index contributed by atoms with van der Waals surface area (Å²) in [6.45, 7) is 0. The van der Waals surface area contributed by atoms with Crippen LogP contribution in [-0.4, -0.2) is 42.4 Å². The summed E-state index contributed by atoms with van der Waals surface area (Å²) in [7, 11) is 0.0134. The Morgan fingerprint density at radius 3 is 1.70 bits per heavy atom. The molecule has 0 unspecified atom stereocenters. The third-order valence-corrected chi connectivity index (χ3v) is 6.78. The molecule has 0 saturated heterocycles. The van der Waals surface area contributed by atoms with Crippen LogP contribution in [0.5, 0.6) is 0 Å². The van der Waals surface area contributed by atoms with Crippen molar-refractivity contribution >= 4 is 28.4 Å². The third kappa shape index (κ3) is 6.63. The molecule has 0 amide bonds. The van der Waals surface area contributed by atoms with Gasteiger partial charge in [-0.05, 0) is 67.8 Å². The topological polar surface area (TPSA) is 52.6 Å². The standard InChI is InChI=1S/C25H35O4S/c1-30(2)18-22(19-12-6-3-7-13-19)23(24(26)28-20-14-8-4-9-15-20)25(27)29-21-16-10-5-11-17-21/h3,6-7,12-13,20-21H,4-5,8-11,14-18H2,1-2H3/q+1. The van der Waals surface area contributed by atoms with Crippen molar-refractivity contribution in [3.05, 3.63) is 41.5 Å². The first-order chi connectivity index (χ1) is 14.5. The quantitative estimate of drug-likeness (QED) is 0.199. The van der Waals surface area contributed by atoms with Crippen LogP contribution in [0.4, 0.5) is 0 Å². The fourth-order valence-corrected chi connectivity index (χ4v) is 5.23. The van der Waals surface area contributed by atoms with Crippen molar-refractivity contribution < 1.29 is 19.1 Å². The number of rotatable bonds is 7. The van der Waals surface area contributed by atoms with Gasteiger partial charge in [0.15, 0.2) is 5.57 Å². The van der Waals surface area contributed by atoms with E-state index in [0.717, 1.165) is 62.5 Å². The van der Waals surface area contributed by atoms with Gasteiger partial charge in [0.25, 0.3) is 0 Å². The van der Waals surface area contributed by atoms with Gasteiger partial charge in [-0.3, -0.25) is 0 Å². The van der Waals surface area contributed by atoms with Crippen molar-refractivity contribution in [1.29, 1.82) is 0 Å². The zero-order valence-electron chi connectivity index (χ0n) is 18.4. The Bertz CT molecular complexity index is 695. The fraction of sp³-hybridized carbons (Fsp3) is 0.600. The molecule has 5 heteroatoms. The first-order valence-corrected chi connectivity index (χ1v) is 13.5. The van der Waals surface area contributed by atoms with Gasteiger partial charge >= 0.3 is 11.9 Å². The number of benzene rings is 1. The van der Waals surface area contributed by atoms with Crippen LogP contribution in [0.3, 0.4) is 0 Å². The Morgan fingerprint density at radius 2 is 1.27 bits per heavy atom. The van der Waals surface area contributed by atoms with Gasteiger partial charge in [-0.25, -0.2) is 9.59 Å². The molecule has 164 valence electrons. The molecule has 2 fully saturated rings. The summed E-state index contributed by atoms with van der Waals surface area (Å²) in [6, 6.07) is 9.75. The zero-order valence-corrected chi connectivity index (χ0v) is 19.2. The van der Waals surface area contributed by atoms with E-state index >= 15 is 0 Å². The fourth-order valence-electron chi connectivity index (χ4n) is 4.34. The van der Waals surface area contributed by atoms with Crippen LogP contribution in [0.1, 0.15) is 69.8 Å². The molecule has 0 aromatic heterocycles. The van der Waals surface area contributed by atoms with Crippen molar-refractivity contribution in [3.63, 3.8) is 0 Å². The molecule has 3 rings (SSSR count). The van der Waals surface area contributed by atoms with Crippen LogP contribution in [0.25, 0.3) is 5.57 Å². The van der Waals surface area contributed by atoms with Crippen LogP contribution < -0.4 is 0 Å². The van der Waals surface area contributed by atoms with E-state index in [-0.39, 0.29) is 28.7 Å². The number of ether oxygens (including phenoxy) is 2. The SMILES string of the molecule is C[S+](C)CC(=C(C(=O)OC1CCCCC1)C(=O)OC1CCCCC1)c1ccccc1. The predicted molar refractivity (Wildman–Crippen MR) is 123 cm³/mol. The van der Waals surface area contributed by atoms with E-state index in [1.165, 1.54) is 12.8 Å². The second kappa shape index (κ2) is 11.6. The minimum Gasteiger partial charge on any atom is -0.459 e. The lowest BCUT2D eigenvalue weighted by atomic mass is 9.96. The molecule has 0 radical (unpaired) electrons. The summed E-state index contributed by atoms with van der Waals surface area (Å²) in [4.78, 5) is 26.6. The number of hydrogen-bond acceptors (Lipinski definition) is 4. The molecular formula is C25H35O4S+. The van der Waals surface area contributed by atoms with Crippen LogP contribution in [0, 0.1) is 0 Å². The molecule has 0 atom stereocenters. The van der Waals surface area contributed by atoms with E-state index in [1.54, 1.807) is 0 Å². The number of carbonyl (C=O) groups excluding carboxylic acids is 2. The monoisotopic (exact) mass is 431 g/mol. The van der Waals surface area contributed by atoms with Crippen molar-refractivity contribution in [1.82, 2.24) is 0 Å². The van der Waals surface area contributed by atoms with E-state index in [2.05, 4.69) is 12.5 Å². The lowest BCUT2D eigenvalue weighted by Crippen LogP contribution is -2.30. The van der Waals surface area contributed by atoms with E-state index in [4.69, 9.17) is 9.47 Å². The minimum atomic E-state index is -0.507. The summed E-state index contributed by atoms with van der Waals surface area (Å²) < 4.78 is 11.7. The van der Waals surface area contributed by atoms with Crippen LogP contribution in [0.15, 0.2) is 35.9 Å². The summed E-state index contributed by atoms with van der Waals surface area (Å²) >= 11 is 0. The second-order valence-corrected chi connectivity index (χ2v) is 10.9. The molecule has 0 heterocycles. The maximum atomic E-state index is 13.3. The Hall–Kier alpha value is -1.75. The zero-order chi connectivity index (χ0) is 21.3. The van der Waals surface area contributed by atoms with Crippen molar-refractivity contribution in [2.24, 2.45) is 0 Å². The molecule has 2 saturated carbocycles. The molecule has 0 bridgehead atoms. The van der Waals surface area contributed by atoms with Gasteiger partial charge < -0.3 is 9.47 Å². The lowest BCUT2D eigenvalue weighted by molar-refractivity contribution is -0.154. The highest BCUT2D eigenvalue weighted by Gasteiger charge is 2.33. The molecule has 30 heavy (non-hydrogen) atoms. The highest BCUT2D eigenvalue weighted by molar-refractivity contribution is 7.95. The molecule has 1 aromatic carbocycles. The highest BCUT2D eigenvalue weighted by atomic mass is 32.2. The number of esters is 2. The van der Waals surface area contributed by atoms with Crippen LogP contribution >= 0.6 is 0 Å². The minimum absolute atomic E-state index is 0.0134. The van der Waals surface area contributed by atoms with Gasteiger partial charge in [0.1, 0.15) is 18.0 Å². The average Bonchev–Trinajstić information content (AvgIpc) is 2.75. The summed E-state index contributed by atoms with van der Waals surface area (Å²) in [5.74, 6) is -0.363. The third-order valence-electron chi connectivity index (χ3n) is 5.92. The van der Waals surface area contributed by atoms with Gasteiger partial charge in [-0.2, -0.15) is 0 Å². The number of hydrogen-bond donors (Lipinski definition) is 0. The van der Waals surface area contributed by atoms with E-state index < -0.39 is 11.9 Å². The maximum Gasteiger partial charge on any atom is 0.346 e. The predicted octanol–water partition coefficient (Wildman–Crippen LogP) is 5.07. The van der Waals surface area contributed by atoms with Crippen molar-refractivity contribution in [3.8, 4) is 0 Å². The molecule has 2 aliphatic carbocycles. The van der Waals surface area contributed by atoms with Crippen LogP contribution in [0.2, 0.25) is 0 Å². The summed E-state index contributed by atoms with van der Waals surface area (Å²) in [6.07, 6.45) is 14.2. The Labute approximate surface area is 183 Å². The van der Waals surface area contributed by atoms with Crippen molar-refractivity contribution in [2.75, 3.05) is 18.3 Å². The van der Waals surface area contributed by atoms with Gasteiger partial charge in [0.2, 0.25) is 0 Å². The Balaban J connectivity index is 1.93. The lowest BCUT2D eigenvalue weighted by Gasteiger charge is -2.25. The smallest absolute Gasteiger partial charge is 0.346 e. The molecule has 0 N–H and O–H groups in total. The number of carbonyl (C=O) groups is 2. The summed E-state index contributed by atoms with van der Waals surface area (Å²) in [5.41, 5.74) is 1.76. The van der Waals surface area contributed by atoms with Gasteiger partial charge in [0, 0.05) is 5.57 Å². The van der Waals surface area contributed by atoms with E-state index in [1.807, 2.05) is 30.3 Å². The van der Waals surface area contributed by atoms with Gasteiger partial charge in [-0.15, -0.1) is 0 Å². The van der Waals surface area contributed by atoms with Gasteiger partial charge in [-0.1, -0.05) is 43.2 Å². The van der Waals surface area contributed by atoms with E-state index in [9.17, 15) is 9.59 Å². The summed E-state index contributed by atoms with van der Waals surface area (Å²) in [5, 5.41) is 0. The molecule has 2 aliphatic rings. The first kappa shape index (κ1) is 22.9. The first-order valence-electron chi connectivity index (χ1n) is 11.3.